The number of aromatic nitrogens is 1. The van der Waals surface area contributed by atoms with Gasteiger partial charge < -0.3 is 19.3 Å². The van der Waals surface area contributed by atoms with Crippen molar-refractivity contribution in [3.63, 3.8) is 0 Å². The molecule has 0 bridgehead atoms. The minimum atomic E-state index is -0.752. The van der Waals surface area contributed by atoms with Crippen molar-refractivity contribution in [3.05, 3.63) is 59.9 Å². The first-order valence-corrected chi connectivity index (χ1v) is 8.59. The Kier molecular flexibility index (Phi) is 5.74. The zero-order chi connectivity index (χ0) is 20.1. The first kappa shape index (κ1) is 19.2. The number of rotatable bonds is 6. The summed E-state index contributed by atoms with van der Waals surface area (Å²) in [4.78, 5) is 27.3. The number of carbonyl (C=O) groups is 2. The van der Waals surface area contributed by atoms with E-state index in [1.807, 2.05) is 30.3 Å². The van der Waals surface area contributed by atoms with Gasteiger partial charge in [-0.25, -0.2) is 9.78 Å². The van der Waals surface area contributed by atoms with Crippen molar-refractivity contribution < 1.29 is 28.9 Å². The molecule has 0 radical (unpaired) electrons. The number of aromatic hydroxyl groups is 1. The Morgan fingerprint density at radius 1 is 1.04 bits per heavy atom. The van der Waals surface area contributed by atoms with Crippen LogP contribution >= 0.6 is 0 Å². The highest BCUT2D eigenvalue weighted by molar-refractivity contribution is 6.00. The van der Waals surface area contributed by atoms with Gasteiger partial charge in [-0.05, 0) is 30.3 Å². The van der Waals surface area contributed by atoms with Gasteiger partial charge >= 0.3 is 11.9 Å². The molecule has 0 fully saturated rings. The van der Waals surface area contributed by atoms with Crippen molar-refractivity contribution in [1.82, 2.24) is 4.98 Å². The maximum atomic E-state index is 12.0. The topological polar surface area (TPSA) is 95.0 Å². The monoisotopic (exact) mass is 381 g/mol. The average Bonchev–Trinajstić information content (AvgIpc) is 2.69. The summed E-state index contributed by atoms with van der Waals surface area (Å²) >= 11 is 0. The summed E-state index contributed by atoms with van der Waals surface area (Å²) in [5, 5.41) is 11.5. The van der Waals surface area contributed by atoms with Crippen LogP contribution in [0.4, 0.5) is 0 Å². The normalized spacial score (nSPS) is 10.5. The molecular formula is C21H19NO6. The van der Waals surface area contributed by atoms with Crippen LogP contribution in [0.2, 0.25) is 0 Å². The molecule has 144 valence electrons. The zero-order valence-corrected chi connectivity index (χ0v) is 15.5. The maximum absolute atomic E-state index is 12.0. The van der Waals surface area contributed by atoms with Crippen LogP contribution in [0.15, 0.2) is 48.5 Å². The lowest BCUT2D eigenvalue weighted by molar-refractivity contribution is -0.140. The molecule has 2 aromatic carbocycles. The molecule has 0 unspecified atom stereocenters. The van der Waals surface area contributed by atoms with Gasteiger partial charge in [-0.2, -0.15) is 0 Å². The van der Waals surface area contributed by atoms with Gasteiger partial charge in [0.2, 0.25) is 0 Å². The third-order valence-corrected chi connectivity index (χ3v) is 4.03. The van der Waals surface area contributed by atoms with Gasteiger partial charge in [0.05, 0.1) is 19.4 Å². The first-order chi connectivity index (χ1) is 13.5. The van der Waals surface area contributed by atoms with Crippen LogP contribution < -0.4 is 4.74 Å². The van der Waals surface area contributed by atoms with Crippen LogP contribution in [0.3, 0.4) is 0 Å². The smallest absolute Gasteiger partial charge is 0.360 e. The number of nitrogens with zero attached hydrogens (tertiary/aromatic N) is 1. The molecule has 28 heavy (non-hydrogen) atoms. The lowest BCUT2D eigenvalue weighted by atomic mass is 10.0. The van der Waals surface area contributed by atoms with E-state index in [-0.39, 0.29) is 24.5 Å². The van der Waals surface area contributed by atoms with Gasteiger partial charge in [0.1, 0.15) is 11.5 Å². The third-order valence-electron chi connectivity index (χ3n) is 4.03. The van der Waals surface area contributed by atoms with Crippen molar-refractivity contribution in [2.45, 2.75) is 13.3 Å². The second kappa shape index (κ2) is 8.39. The summed E-state index contributed by atoms with van der Waals surface area (Å²) in [5.74, 6) is -0.238. The number of benzene rings is 2. The Morgan fingerprint density at radius 2 is 1.79 bits per heavy atom. The molecule has 0 aliphatic heterocycles. The molecule has 0 saturated carbocycles. The highest BCUT2D eigenvalue weighted by Crippen LogP contribution is 2.34. The molecule has 3 aromatic rings. The van der Waals surface area contributed by atoms with Crippen LogP contribution in [-0.2, 0) is 20.7 Å². The summed E-state index contributed by atoms with van der Waals surface area (Å²) < 4.78 is 15.5. The number of carbonyl (C=O) groups excluding carboxylic acids is 2. The molecule has 0 atom stereocenters. The van der Waals surface area contributed by atoms with Crippen molar-refractivity contribution >= 4 is 22.7 Å². The number of esters is 2. The SMILES string of the molecule is COC(=O)c1nc(CCOC(C)=O)c2cc(Oc3ccccc3)ccc2c1O. The first-order valence-electron chi connectivity index (χ1n) is 8.59. The molecule has 0 amide bonds. The summed E-state index contributed by atoms with van der Waals surface area (Å²) in [6.45, 7) is 1.40. The van der Waals surface area contributed by atoms with E-state index >= 15 is 0 Å². The highest BCUT2D eigenvalue weighted by atomic mass is 16.5. The van der Waals surface area contributed by atoms with Crippen LogP contribution in [-0.4, -0.2) is 35.7 Å². The number of methoxy groups -OCH3 is 1. The number of para-hydroxylation sites is 1. The number of hydrogen-bond acceptors (Lipinski definition) is 7. The van der Waals surface area contributed by atoms with E-state index in [2.05, 4.69) is 4.98 Å². The summed E-state index contributed by atoms with van der Waals surface area (Å²) in [5.41, 5.74) is 0.289. The van der Waals surface area contributed by atoms with Crippen LogP contribution in [0.5, 0.6) is 17.2 Å². The number of hydrogen-bond donors (Lipinski definition) is 1. The van der Waals surface area contributed by atoms with Gasteiger partial charge in [0, 0.05) is 24.1 Å². The molecule has 0 aliphatic rings. The van der Waals surface area contributed by atoms with E-state index < -0.39 is 11.9 Å². The Bertz CT molecular complexity index is 1020. The van der Waals surface area contributed by atoms with Gasteiger partial charge in [-0.3, -0.25) is 4.79 Å². The standard InChI is InChI=1S/C21H19NO6/c1-13(23)27-11-10-18-17-12-15(28-14-6-4-3-5-7-14)8-9-16(17)20(24)19(22-18)21(25)26-2/h3-9,12,24H,10-11H2,1-2H3. The molecule has 0 aliphatic carbocycles. The Morgan fingerprint density at radius 3 is 2.46 bits per heavy atom. The van der Waals surface area contributed by atoms with Crippen molar-refractivity contribution in [2.24, 2.45) is 0 Å². The van der Waals surface area contributed by atoms with Crippen LogP contribution in [0, 0.1) is 0 Å². The maximum Gasteiger partial charge on any atom is 0.360 e. The lowest BCUT2D eigenvalue weighted by Crippen LogP contribution is -2.10. The molecule has 3 rings (SSSR count). The van der Waals surface area contributed by atoms with Gasteiger partial charge in [0.25, 0.3) is 0 Å². The average molecular weight is 381 g/mol. The summed E-state index contributed by atoms with van der Waals surface area (Å²) in [6, 6.07) is 14.3. The highest BCUT2D eigenvalue weighted by Gasteiger charge is 2.20. The van der Waals surface area contributed by atoms with Crippen molar-refractivity contribution in [1.29, 1.82) is 0 Å². The van der Waals surface area contributed by atoms with Crippen LogP contribution in [0.1, 0.15) is 23.1 Å². The van der Waals surface area contributed by atoms with E-state index in [0.717, 1.165) is 0 Å². The molecule has 7 nitrogen and oxygen atoms in total. The second-order valence-corrected chi connectivity index (χ2v) is 5.96. The van der Waals surface area contributed by atoms with Gasteiger partial charge in [0.15, 0.2) is 11.4 Å². The van der Waals surface area contributed by atoms with Crippen molar-refractivity contribution in [2.75, 3.05) is 13.7 Å². The number of ether oxygens (including phenoxy) is 3. The molecule has 1 N–H and O–H groups in total. The summed E-state index contributed by atoms with van der Waals surface area (Å²) in [7, 11) is 1.21. The molecular weight excluding hydrogens is 362 g/mol. The van der Waals surface area contributed by atoms with E-state index in [0.29, 0.717) is 28.0 Å². The van der Waals surface area contributed by atoms with E-state index in [4.69, 9.17) is 14.2 Å². The van der Waals surface area contributed by atoms with Gasteiger partial charge in [-0.1, -0.05) is 18.2 Å². The van der Waals surface area contributed by atoms with E-state index in [1.165, 1.54) is 14.0 Å². The minimum Gasteiger partial charge on any atom is -0.505 e. The van der Waals surface area contributed by atoms with E-state index in [1.54, 1.807) is 18.2 Å². The Balaban J connectivity index is 2.05. The number of fused-ring (bicyclic) bond motifs is 1. The Hall–Kier alpha value is -3.61. The van der Waals surface area contributed by atoms with E-state index in [9.17, 15) is 14.7 Å². The minimum absolute atomic E-state index is 0.0899. The lowest BCUT2D eigenvalue weighted by Gasteiger charge is -2.13. The quantitative estimate of drug-likeness (QED) is 0.652. The fourth-order valence-electron chi connectivity index (χ4n) is 2.75. The number of pyridine rings is 1. The fraction of sp³-hybridized carbons (Fsp3) is 0.190. The second-order valence-electron chi connectivity index (χ2n) is 5.96. The molecule has 0 spiro atoms. The molecule has 1 heterocycles. The zero-order valence-electron chi connectivity index (χ0n) is 15.5. The van der Waals surface area contributed by atoms with Gasteiger partial charge in [-0.15, -0.1) is 0 Å². The molecule has 1 aromatic heterocycles. The Labute approximate surface area is 161 Å². The van der Waals surface area contributed by atoms with Crippen LogP contribution in [0.25, 0.3) is 10.8 Å². The molecule has 7 heteroatoms. The largest absolute Gasteiger partial charge is 0.505 e. The third kappa shape index (κ3) is 4.20. The predicted octanol–water partition coefficient (Wildman–Crippen LogP) is 3.62. The fourth-order valence-corrected chi connectivity index (χ4v) is 2.75. The molecule has 0 saturated heterocycles. The summed E-state index contributed by atoms with van der Waals surface area (Å²) in [6.07, 6.45) is 0.259. The van der Waals surface area contributed by atoms with Crippen molar-refractivity contribution in [3.8, 4) is 17.2 Å². The predicted molar refractivity (Wildman–Crippen MR) is 102 cm³/mol.